The van der Waals surface area contributed by atoms with Gasteiger partial charge in [0.05, 0.1) is 35.6 Å². The molecule has 16 nitrogen and oxygen atoms in total. The molecule has 59 heavy (non-hydrogen) atoms. The van der Waals surface area contributed by atoms with Gasteiger partial charge in [0.1, 0.15) is 11.3 Å². The molecule has 4 heterocycles. The number of pyridine rings is 2. The van der Waals surface area contributed by atoms with E-state index in [1.165, 1.54) is 11.1 Å². The van der Waals surface area contributed by atoms with Crippen molar-refractivity contribution in [2.75, 3.05) is 28.2 Å². The third kappa shape index (κ3) is 12.5. The molecule has 0 aliphatic carbocycles. The van der Waals surface area contributed by atoms with Crippen LogP contribution in [0.25, 0.3) is 33.8 Å². The van der Waals surface area contributed by atoms with Crippen molar-refractivity contribution >= 4 is 41.5 Å². The average molecular weight is 811 g/mol. The number of hydrogen-bond donors (Lipinski definition) is 5. The summed E-state index contributed by atoms with van der Waals surface area (Å²) >= 11 is 0. The zero-order valence-corrected chi connectivity index (χ0v) is 34.2. The number of hydrogen-bond acceptors (Lipinski definition) is 9. The Morgan fingerprint density at radius 1 is 0.576 bits per heavy atom. The quantitative estimate of drug-likeness (QED) is 0.130. The van der Waals surface area contributed by atoms with Crippen molar-refractivity contribution in [2.24, 2.45) is 0 Å². The first-order valence-corrected chi connectivity index (χ1v) is 18.2. The molecule has 6 aromatic rings. The largest absolute Gasteiger partial charge is 0.483 e. The number of nitrogens with zero attached hydrogens (tertiary/aromatic N) is 6. The fourth-order valence-corrected chi connectivity index (χ4v) is 5.49. The van der Waals surface area contributed by atoms with Crippen LogP contribution < -0.4 is 0 Å². The smallest absolute Gasteiger partial charge is 0.335 e. The minimum Gasteiger partial charge on any atom is -0.483 e. The van der Waals surface area contributed by atoms with Gasteiger partial charge >= 0.3 is 11.9 Å². The number of imidazole rings is 2. The maximum absolute atomic E-state index is 12.3. The van der Waals surface area contributed by atoms with Gasteiger partial charge in [-0.25, -0.2) is 19.6 Å². The van der Waals surface area contributed by atoms with Crippen LogP contribution in [0, 0.1) is 27.7 Å². The molecule has 6 rings (SSSR count). The van der Waals surface area contributed by atoms with Crippen LogP contribution in [0.3, 0.4) is 0 Å². The van der Waals surface area contributed by atoms with Gasteiger partial charge in [-0.2, -0.15) is 0 Å². The van der Waals surface area contributed by atoms with Crippen molar-refractivity contribution in [2.45, 2.75) is 52.7 Å². The zero-order valence-electron chi connectivity index (χ0n) is 34.2. The molecule has 2 amide bonds. The number of rotatable bonds is 9. The van der Waals surface area contributed by atoms with Gasteiger partial charge < -0.3 is 44.1 Å². The summed E-state index contributed by atoms with van der Waals surface area (Å²) in [7, 11) is 7.12. The highest BCUT2D eigenvalue weighted by atomic mass is 16.4. The number of aliphatic hydroxyl groups is 2. The van der Waals surface area contributed by atoms with Gasteiger partial charge in [0.25, 0.3) is 6.47 Å². The summed E-state index contributed by atoms with van der Waals surface area (Å²) < 4.78 is 4.07. The van der Waals surface area contributed by atoms with E-state index in [1.807, 2.05) is 59.3 Å². The molecule has 312 valence electrons. The number of carboxylic acid groups (broad SMARTS) is 3. The van der Waals surface area contributed by atoms with Gasteiger partial charge in [-0.3, -0.25) is 14.4 Å². The lowest BCUT2D eigenvalue weighted by Gasteiger charge is -2.11. The second-order valence-electron chi connectivity index (χ2n) is 14.0. The van der Waals surface area contributed by atoms with Crippen molar-refractivity contribution in [3.05, 3.63) is 119 Å². The first kappa shape index (κ1) is 46.5. The minimum absolute atomic E-state index is 0.0710. The number of aryl methyl sites for hydroxylation is 4. The van der Waals surface area contributed by atoms with Crippen LogP contribution >= 0.6 is 0 Å². The van der Waals surface area contributed by atoms with Crippen molar-refractivity contribution in [3.8, 4) is 22.5 Å². The van der Waals surface area contributed by atoms with E-state index in [0.29, 0.717) is 12.8 Å². The summed E-state index contributed by atoms with van der Waals surface area (Å²) in [5.41, 5.74) is 12.2. The van der Waals surface area contributed by atoms with Crippen molar-refractivity contribution in [1.29, 1.82) is 0 Å². The predicted molar refractivity (Wildman–Crippen MR) is 221 cm³/mol. The minimum atomic E-state index is -2.27. The summed E-state index contributed by atoms with van der Waals surface area (Å²) in [4.78, 5) is 65.2. The van der Waals surface area contributed by atoms with Gasteiger partial charge in [0.15, 0.2) is 12.2 Å². The van der Waals surface area contributed by atoms with Crippen molar-refractivity contribution < 1.29 is 49.5 Å². The standard InChI is InChI=1S/2C19H21N3O.C4H6O6.CH2O2/c2*1-13-5-8-15(9-6-13)19-16(11-18(23)21(3)4)22-12-14(2)7-10-17(22)20-19;5-1(3(7)8)2(6)4(9)10;2-1-3/h2*5-10,12H,11H2,1-4H3;1-2,5-6H,(H,7,8)(H,9,10);1H,(H,2,3). The number of aromatic nitrogens is 4. The molecule has 5 N–H and O–H groups in total. The number of benzene rings is 2. The Hall–Kier alpha value is -6.91. The first-order chi connectivity index (χ1) is 27.8. The fraction of sp³-hybridized carbons (Fsp3) is 0.279. The number of aliphatic carboxylic acids is 2. The average Bonchev–Trinajstić information content (AvgIpc) is 3.72. The van der Waals surface area contributed by atoms with Gasteiger partial charge in [0, 0.05) is 51.7 Å². The number of carbonyl (C=O) groups is 5. The topological polar surface area (TPSA) is 228 Å². The monoisotopic (exact) mass is 810 g/mol. The van der Waals surface area contributed by atoms with E-state index in [4.69, 9.17) is 40.3 Å². The molecule has 4 aromatic heterocycles. The van der Waals surface area contributed by atoms with Gasteiger partial charge in [-0.1, -0.05) is 71.8 Å². The van der Waals surface area contributed by atoms with Crippen LogP contribution in [-0.4, -0.2) is 125 Å². The molecule has 0 saturated carbocycles. The Kier molecular flexibility index (Phi) is 16.6. The molecule has 0 radical (unpaired) electrons. The molecular formula is C43H50N6O10. The molecule has 0 spiro atoms. The molecule has 2 unspecified atom stereocenters. The van der Waals surface area contributed by atoms with E-state index in [0.717, 1.165) is 56.3 Å². The molecule has 0 fully saturated rings. The van der Waals surface area contributed by atoms with Gasteiger partial charge in [0.2, 0.25) is 11.8 Å². The highest BCUT2D eigenvalue weighted by molar-refractivity contribution is 5.83. The van der Waals surface area contributed by atoms with Crippen LogP contribution in [0.2, 0.25) is 0 Å². The Morgan fingerprint density at radius 3 is 1.14 bits per heavy atom. The Morgan fingerprint density at radius 2 is 0.864 bits per heavy atom. The lowest BCUT2D eigenvalue weighted by molar-refractivity contribution is -0.165. The normalized spacial score (nSPS) is 11.4. The van der Waals surface area contributed by atoms with Crippen molar-refractivity contribution in [3.63, 3.8) is 0 Å². The third-order valence-corrected chi connectivity index (χ3v) is 8.82. The Bertz CT molecular complexity index is 2240. The number of carbonyl (C=O) groups excluding carboxylic acids is 2. The second kappa shape index (κ2) is 21.0. The Balaban J connectivity index is 0.000000245. The lowest BCUT2D eigenvalue weighted by atomic mass is 10.1. The zero-order chi connectivity index (χ0) is 44.1. The third-order valence-electron chi connectivity index (χ3n) is 8.82. The molecule has 0 bridgehead atoms. The van der Waals surface area contributed by atoms with E-state index < -0.39 is 24.1 Å². The van der Waals surface area contributed by atoms with E-state index >= 15 is 0 Å². The van der Waals surface area contributed by atoms with E-state index in [2.05, 4.69) is 62.4 Å². The van der Waals surface area contributed by atoms with E-state index in [1.54, 1.807) is 38.0 Å². The molecule has 0 saturated heterocycles. The summed E-state index contributed by atoms with van der Waals surface area (Å²) in [5, 5.41) is 39.4. The van der Waals surface area contributed by atoms with Crippen LogP contribution in [0.5, 0.6) is 0 Å². The van der Waals surface area contributed by atoms with Crippen LogP contribution in [0.15, 0.2) is 85.2 Å². The van der Waals surface area contributed by atoms with Crippen LogP contribution in [0.4, 0.5) is 0 Å². The molecular weight excluding hydrogens is 761 g/mol. The SMILES string of the molecule is Cc1ccc(-c2nc3ccc(C)cn3c2CC(=O)N(C)C)cc1.Cc1ccc(-c2nc3ccc(C)cn3c2CC(=O)N(C)C)cc1.O=C(O)C(O)C(O)C(=O)O.O=CO. The lowest BCUT2D eigenvalue weighted by Crippen LogP contribution is -2.39. The van der Waals surface area contributed by atoms with Crippen molar-refractivity contribution in [1.82, 2.24) is 28.6 Å². The highest BCUT2D eigenvalue weighted by Crippen LogP contribution is 2.27. The maximum atomic E-state index is 12.3. The van der Waals surface area contributed by atoms with Gasteiger partial charge in [-0.05, 0) is 51.0 Å². The fourth-order valence-electron chi connectivity index (χ4n) is 5.49. The molecule has 2 atom stereocenters. The van der Waals surface area contributed by atoms with E-state index in [9.17, 15) is 19.2 Å². The first-order valence-electron chi connectivity index (χ1n) is 18.2. The number of amides is 2. The van der Waals surface area contributed by atoms with Gasteiger partial charge in [-0.15, -0.1) is 0 Å². The van der Waals surface area contributed by atoms with Crippen LogP contribution in [0.1, 0.15) is 33.6 Å². The summed E-state index contributed by atoms with van der Waals surface area (Å²) in [6.45, 7) is 7.96. The second-order valence-corrected chi connectivity index (χ2v) is 14.0. The number of aliphatic hydroxyl groups excluding tert-OH is 2. The number of likely N-dealkylation sites (N-methyl/N-ethyl adjacent to an activating group) is 2. The Labute approximate surface area is 341 Å². The summed E-state index contributed by atoms with van der Waals surface area (Å²) in [6, 6.07) is 24.6. The molecule has 2 aromatic carbocycles. The summed E-state index contributed by atoms with van der Waals surface area (Å²) in [5.74, 6) is -3.40. The predicted octanol–water partition coefficient (Wildman–Crippen LogP) is 4.08. The molecule has 0 aliphatic heterocycles. The van der Waals surface area contributed by atoms with E-state index in [-0.39, 0.29) is 18.3 Å². The molecule has 16 heteroatoms. The summed E-state index contributed by atoms with van der Waals surface area (Å²) in [6.07, 6.45) is 0.216. The molecule has 0 aliphatic rings. The highest BCUT2D eigenvalue weighted by Gasteiger charge is 2.29. The van der Waals surface area contributed by atoms with Crippen LogP contribution in [-0.2, 0) is 36.8 Å². The number of carboxylic acids is 2. The maximum Gasteiger partial charge on any atom is 0.335 e. The number of fused-ring (bicyclic) bond motifs is 2.